The van der Waals surface area contributed by atoms with E-state index in [0.29, 0.717) is 16.8 Å². The summed E-state index contributed by atoms with van der Waals surface area (Å²) in [6.07, 6.45) is 0. The van der Waals surface area contributed by atoms with Crippen molar-refractivity contribution in [2.75, 3.05) is 16.8 Å². The molecule has 1 atom stereocenters. The van der Waals surface area contributed by atoms with Gasteiger partial charge in [-0.3, -0.25) is 4.90 Å². The molecular weight excluding hydrogens is 304 g/mol. The molecule has 2 amide bonds. The summed E-state index contributed by atoms with van der Waals surface area (Å²) in [7, 11) is 0. The quantitative estimate of drug-likeness (QED) is 0.813. The van der Waals surface area contributed by atoms with E-state index in [0.717, 1.165) is 16.3 Å². The summed E-state index contributed by atoms with van der Waals surface area (Å²) in [4.78, 5) is 15.5. The number of anilines is 2. The molecule has 1 aliphatic heterocycles. The van der Waals surface area contributed by atoms with Crippen molar-refractivity contribution in [1.29, 1.82) is 0 Å². The highest BCUT2D eigenvalue weighted by Crippen LogP contribution is 2.38. The minimum absolute atomic E-state index is 0.114. The molecule has 5 heteroatoms. The van der Waals surface area contributed by atoms with Crippen molar-refractivity contribution in [3.05, 3.63) is 53.6 Å². The van der Waals surface area contributed by atoms with Crippen LogP contribution in [-0.2, 0) is 0 Å². The molecule has 108 valence electrons. The Hall–Kier alpha value is -1.65. The SMILES string of the molecule is C[C@@H]1CN(C(=O)Nc2ccc(Cl)cc2)c2ccccc2S1. The first kappa shape index (κ1) is 14.3. The molecule has 2 aromatic rings. The van der Waals surface area contributed by atoms with Gasteiger partial charge >= 0.3 is 6.03 Å². The Kier molecular flexibility index (Phi) is 4.08. The third-order valence-corrected chi connectivity index (χ3v) is 4.67. The molecule has 0 fully saturated rings. The highest BCUT2D eigenvalue weighted by molar-refractivity contribution is 8.00. The van der Waals surface area contributed by atoms with Crippen LogP contribution >= 0.6 is 23.4 Å². The molecule has 0 aromatic heterocycles. The Morgan fingerprint density at radius 1 is 1.24 bits per heavy atom. The number of amides is 2. The Labute approximate surface area is 133 Å². The van der Waals surface area contributed by atoms with Crippen molar-refractivity contribution in [2.45, 2.75) is 17.1 Å². The maximum Gasteiger partial charge on any atom is 0.326 e. The number of halogens is 1. The van der Waals surface area contributed by atoms with Crippen LogP contribution in [0.4, 0.5) is 16.2 Å². The van der Waals surface area contributed by atoms with Gasteiger partial charge in [-0.05, 0) is 36.4 Å². The summed E-state index contributed by atoms with van der Waals surface area (Å²) < 4.78 is 0. The van der Waals surface area contributed by atoms with Gasteiger partial charge in [-0.2, -0.15) is 0 Å². The summed E-state index contributed by atoms with van der Waals surface area (Å²) in [6, 6.07) is 15.0. The summed E-state index contributed by atoms with van der Waals surface area (Å²) >= 11 is 7.66. The maximum absolute atomic E-state index is 12.5. The molecule has 0 saturated carbocycles. The topological polar surface area (TPSA) is 32.3 Å². The summed E-state index contributed by atoms with van der Waals surface area (Å²) in [5, 5.41) is 3.94. The number of para-hydroxylation sites is 1. The second-order valence-electron chi connectivity index (χ2n) is 4.94. The van der Waals surface area contributed by atoms with E-state index in [1.54, 1.807) is 40.9 Å². The van der Waals surface area contributed by atoms with Gasteiger partial charge in [0.15, 0.2) is 0 Å². The molecule has 0 bridgehead atoms. The first-order chi connectivity index (χ1) is 10.1. The van der Waals surface area contributed by atoms with Crippen molar-refractivity contribution in [2.24, 2.45) is 0 Å². The molecule has 21 heavy (non-hydrogen) atoms. The third kappa shape index (κ3) is 3.17. The zero-order chi connectivity index (χ0) is 14.8. The Balaban J connectivity index is 1.83. The second-order valence-corrected chi connectivity index (χ2v) is 6.86. The monoisotopic (exact) mass is 318 g/mol. The molecular formula is C16H15ClN2OS. The van der Waals surface area contributed by atoms with E-state index in [1.165, 1.54) is 0 Å². The van der Waals surface area contributed by atoms with E-state index >= 15 is 0 Å². The van der Waals surface area contributed by atoms with Crippen LogP contribution in [0.3, 0.4) is 0 Å². The van der Waals surface area contributed by atoms with Crippen LogP contribution in [0.1, 0.15) is 6.92 Å². The third-order valence-electron chi connectivity index (χ3n) is 3.26. The van der Waals surface area contributed by atoms with E-state index in [1.807, 2.05) is 18.2 Å². The van der Waals surface area contributed by atoms with Crippen molar-refractivity contribution in [3.8, 4) is 0 Å². The van der Waals surface area contributed by atoms with E-state index in [9.17, 15) is 4.79 Å². The van der Waals surface area contributed by atoms with E-state index < -0.39 is 0 Å². The van der Waals surface area contributed by atoms with Crippen LogP contribution in [-0.4, -0.2) is 17.8 Å². The number of carbonyl (C=O) groups is 1. The number of hydrogen-bond donors (Lipinski definition) is 1. The van der Waals surface area contributed by atoms with Gasteiger partial charge in [0, 0.05) is 27.4 Å². The lowest BCUT2D eigenvalue weighted by atomic mass is 10.2. The van der Waals surface area contributed by atoms with Gasteiger partial charge < -0.3 is 5.32 Å². The highest BCUT2D eigenvalue weighted by atomic mass is 35.5. The molecule has 0 spiro atoms. The predicted molar refractivity (Wildman–Crippen MR) is 89.6 cm³/mol. The highest BCUT2D eigenvalue weighted by Gasteiger charge is 2.26. The Morgan fingerprint density at radius 3 is 2.71 bits per heavy atom. The average Bonchev–Trinajstić information content (AvgIpc) is 2.48. The first-order valence-electron chi connectivity index (χ1n) is 6.73. The number of rotatable bonds is 1. The average molecular weight is 319 g/mol. The number of urea groups is 1. The molecule has 1 N–H and O–H groups in total. The lowest BCUT2D eigenvalue weighted by Gasteiger charge is -2.32. The van der Waals surface area contributed by atoms with Gasteiger partial charge in [0.05, 0.1) is 5.69 Å². The predicted octanol–water partition coefficient (Wildman–Crippen LogP) is 4.87. The van der Waals surface area contributed by atoms with Crippen molar-refractivity contribution >= 4 is 40.8 Å². The summed E-state index contributed by atoms with van der Waals surface area (Å²) in [5.74, 6) is 0. The van der Waals surface area contributed by atoms with Crippen molar-refractivity contribution in [1.82, 2.24) is 0 Å². The maximum atomic E-state index is 12.5. The number of carbonyl (C=O) groups excluding carboxylic acids is 1. The molecule has 2 aromatic carbocycles. The summed E-state index contributed by atoms with van der Waals surface area (Å²) in [6.45, 7) is 2.82. The van der Waals surface area contributed by atoms with Gasteiger partial charge in [-0.15, -0.1) is 11.8 Å². The van der Waals surface area contributed by atoms with Gasteiger partial charge in [0.25, 0.3) is 0 Å². The Bertz CT molecular complexity index is 660. The van der Waals surface area contributed by atoms with Gasteiger partial charge in [-0.25, -0.2) is 4.79 Å². The standard InChI is InChI=1S/C16H15ClN2OS/c1-11-10-19(14-4-2-3-5-15(14)21-11)16(20)18-13-8-6-12(17)7-9-13/h2-9,11H,10H2,1H3,(H,18,20)/t11-/m1/s1. The molecule has 1 heterocycles. The minimum atomic E-state index is -0.114. The van der Waals surface area contributed by atoms with Crippen molar-refractivity contribution < 1.29 is 4.79 Å². The van der Waals surface area contributed by atoms with E-state index in [4.69, 9.17) is 11.6 Å². The first-order valence-corrected chi connectivity index (χ1v) is 7.99. The van der Waals surface area contributed by atoms with Crippen LogP contribution < -0.4 is 10.2 Å². The number of benzene rings is 2. The van der Waals surface area contributed by atoms with Crippen molar-refractivity contribution in [3.63, 3.8) is 0 Å². The van der Waals surface area contributed by atoms with Crippen LogP contribution in [0.15, 0.2) is 53.4 Å². The minimum Gasteiger partial charge on any atom is -0.308 e. The lowest BCUT2D eigenvalue weighted by molar-refractivity contribution is 0.256. The lowest BCUT2D eigenvalue weighted by Crippen LogP contribution is -2.41. The molecule has 1 aliphatic rings. The number of hydrogen-bond acceptors (Lipinski definition) is 2. The number of thioether (sulfide) groups is 1. The summed E-state index contributed by atoms with van der Waals surface area (Å²) in [5.41, 5.74) is 1.71. The number of nitrogens with zero attached hydrogens (tertiary/aromatic N) is 1. The van der Waals surface area contributed by atoms with Crippen LogP contribution in [0.2, 0.25) is 5.02 Å². The van der Waals surface area contributed by atoms with Crippen LogP contribution in [0.25, 0.3) is 0 Å². The zero-order valence-corrected chi connectivity index (χ0v) is 13.1. The fourth-order valence-corrected chi connectivity index (χ4v) is 3.54. The fraction of sp³-hybridized carbons (Fsp3) is 0.188. The smallest absolute Gasteiger partial charge is 0.308 e. The largest absolute Gasteiger partial charge is 0.326 e. The zero-order valence-electron chi connectivity index (χ0n) is 11.5. The normalized spacial score (nSPS) is 17.2. The van der Waals surface area contributed by atoms with Gasteiger partial charge in [-0.1, -0.05) is 30.7 Å². The molecule has 3 rings (SSSR count). The second kappa shape index (κ2) is 6.00. The fourth-order valence-electron chi connectivity index (χ4n) is 2.31. The van der Waals surface area contributed by atoms with E-state index in [2.05, 4.69) is 18.3 Å². The van der Waals surface area contributed by atoms with E-state index in [-0.39, 0.29) is 6.03 Å². The van der Waals surface area contributed by atoms with Crippen LogP contribution in [0.5, 0.6) is 0 Å². The van der Waals surface area contributed by atoms with Gasteiger partial charge in [0.2, 0.25) is 0 Å². The molecule has 0 aliphatic carbocycles. The molecule has 0 saturated heterocycles. The number of fused-ring (bicyclic) bond motifs is 1. The molecule has 0 unspecified atom stereocenters. The van der Waals surface area contributed by atoms with Gasteiger partial charge in [0.1, 0.15) is 0 Å². The van der Waals surface area contributed by atoms with Crippen LogP contribution in [0, 0.1) is 0 Å². The number of nitrogens with one attached hydrogen (secondary N) is 1. The Morgan fingerprint density at radius 2 is 1.95 bits per heavy atom. The molecule has 0 radical (unpaired) electrons. The molecule has 3 nitrogen and oxygen atoms in total.